The largest absolute Gasteiger partial charge is 0.480 e. The molecule has 2 heterocycles. The summed E-state index contributed by atoms with van der Waals surface area (Å²) < 4.78 is 15.7. The van der Waals surface area contributed by atoms with E-state index in [1.165, 1.54) is 0 Å². The molecule has 0 spiro atoms. The van der Waals surface area contributed by atoms with Crippen molar-refractivity contribution < 1.29 is 59.9 Å². The minimum atomic E-state index is -2.36. The zero-order chi connectivity index (χ0) is 24.1. The van der Waals surface area contributed by atoms with Crippen molar-refractivity contribution in [1.82, 2.24) is 5.32 Å². The normalized spacial score (nSPS) is 41.4. The van der Waals surface area contributed by atoms with Crippen molar-refractivity contribution in [3.05, 3.63) is 0 Å². The van der Waals surface area contributed by atoms with Gasteiger partial charge in [-0.2, -0.15) is 0 Å². The van der Waals surface area contributed by atoms with E-state index in [2.05, 4.69) is 5.32 Å². The number of aliphatic hydroxyl groups is 7. The summed E-state index contributed by atoms with van der Waals surface area (Å²) in [7, 11) is 0. The average Bonchev–Trinajstić information content (AvgIpc) is 2.76. The minimum Gasteiger partial charge on any atom is -0.480 e. The van der Waals surface area contributed by atoms with Gasteiger partial charge in [0.25, 0.3) is 0 Å². The fourth-order valence-electron chi connectivity index (χ4n) is 3.61. The third-order valence-electron chi connectivity index (χ3n) is 5.64. The van der Waals surface area contributed by atoms with E-state index >= 15 is 0 Å². The van der Waals surface area contributed by atoms with Gasteiger partial charge in [-0.25, -0.2) is 0 Å². The number of unbranched alkanes of at least 4 members (excludes halogenated alkanes) is 1. The molecule has 2 fully saturated rings. The molecule has 11 N–H and O–H groups in total. The molecule has 10 atom stereocenters. The van der Waals surface area contributed by atoms with Gasteiger partial charge in [0.05, 0.1) is 19.8 Å². The lowest BCUT2D eigenvalue weighted by Crippen LogP contribution is -2.68. The molecule has 0 amide bonds. The number of carboxylic acids is 1. The van der Waals surface area contributed by atoms with Crippen LogP contribution in [-0.2, 0) is 19.0 Å². The van der Waals surface area contributed by atoms with Gasteiger partial charge in [-0.05, 0) is 19.4 Å². The van der Waals surface area contributed by atoms with Crippen LogP contribution in [0.1, 0.15) is 19.3 Å². The van der Waals surface area contributed by atoms with Crippen LogP contribution in [0.5, 0.6) is 0 Å². The Hall–Kier alpha value is -1.01. The van der Waals surface area contributed by atoms with Crippen LogP contribution in [0.15, 0.2) is 0 Å². The quantitative estimate of drug-likeness (QED) is 0.127. The molecule has 0 radical (unpaired) electrons. The van der Waals surface area contributed by atoms with Gasteiger partial charge in [-0.3, -0.25) is 10.1 Å². The topological polar surface area (TPSA) is 245 Å². The van der Waals surface area contributed by atoms with Gasteiger partial charge < -0.3 is 60.8 Å². The lowest BCUT2D eigenvalue weighted by Gasteiger charge is -2.47. The number of hydrogen-bond donors (Lipinski definition) is 10. The number of aliphatic hydroxyl groups excluding tert-OH is 6. The zero-order valence-corrected chi connectivity index (χ0v) is 17.4. The first-order valence-corrected chi connectivity index (χ1v) is 10.4. The SMILES string of the molecule is NCCCC[C@H](NC[C@@]1(O)OC[C@@H](O)[C@@H](O[C@@H]2O[C@H](CO)[C@@H](O)[C@H](O)[C@H]2O)[C@@H]1O)C(=O)O. The van der Waals surface area contributed by atoms with Gasteiger partial charge in [0.1, 0.15) is 48.8 Å². The van der Waals surface area contributed by atoms with Crippen molar-refractivity contribution in [2.45, 2.75) is 80.1 Å². The summed E-state index contributed by atoms with van der Waals surface area (Å²) in [5.41, 5.74) is 5.40. The van der Waals surface area contributed by atoms with E-state index < -0.39 is 86.6 Å². The molecule has 0 saturated carbocycles. The minimum absolute atomic E-state index is 0.214. The lowest BCUT2D eigenvalue weighted by molar-refractivity contribution is -0.367. The Morgan fingerprint density at radius 2 is 1.84 bits per heavy atom. The fourth-order valence-corrected chi connectivity index (χ4v) is 3.61. The van der Waals surface area contributed by atoms with E-state index in [-0.39, 0.29) is 6.42 Å². The highest BCUT2D eigenvalue weighted by Gasteiger charge is 2.53. The Morgan fingerprint density at radius 3 is 2.44 bits per heavy atom. The molecule has 14 nitrogen and oxygen atoms in total. The predicted molar refractivity (Wildman–Crippen MR) is 104 cm³/mol. The van der Waals surface area contributed by atoms with Crippen molar-refractivity contribution in [2.24, 2.45) is 5.73 Å². The number of nitrogens with two attached hydrogens (primary N) is 1. The van der Waals surface area contributed by atoms with Crippen molar-refractivity contribution in [2.75, 3.05) is 26.3 Å². The lowest BCUT2D eigenvalue weighted by atomic mass is 9.95. The summed E-state index contributed by atoms with van der Waals surface area (Å²) in [4.78, 5) is 11.4. The third kappa shape index (κ3) is 6.31. The zero-order valence-electron chi connectivity index (χ0n) is 17.4. The number of rotatable bonds is 11. The van der Waals surface area contributed by atoms with Crippen LogP contribution in [0.2, 0.25) is 0 Å². The summed E-state index contributed by atoms with van der Waals surface area (Å²) in [5, 5.41) is 82.6. The molecule has 32 heavy (non-hydrogen) atoms. The first-order valence-electron chi connectivity index (χ1n) is 10.4. The average molecular weight is 470 g/mol. The molecule has 0 aromatic rings. The van der Waals surface area contributed by atoms with Crippen LogP contribution < -0.4 is 11.1 Å². The van der Waals surface area contributed by atoms with Crippen molar-refractivity contribution in [3.63, 3.8) is 0 Å². The van der Waals surface area contributed by atoms with E-state index in [9.17, 15) is 45.6 Å². The van der Waals surface area contributed by atoms with Crippen LogP contribution in [0.25, 0.3) is 0 Å². The molecule has 0 unspecified atom stereocenters. The molecule has 0 aliphatic carbocycles. The van der Waals surface area contributed by atoms with Crippen LogP contribution in [0.4, 0.5) is 0 Å². The number of nitrogens with one attached hydrogen (secondary N) is 1. The Balaban J connectivity index is 2.06. The Labute approximate surface area is 184 Å². The number of carbonyl (C=O) groups is 1. The maximum Gasteiger partial charge on any atom is 0.320 e. The molecular weight excluding hydrogens is 436 g/mol. The summed E-state index contributed by atoms with van der Waals surface area (Å²) in [5.74, 6) is -3.54. The maximum absolute atomic E-state index is 11.4. The predicted octanol–water partition coefficient (Wildman–Crippen LogP) is -5.22. The van der Waals surface area contributed by atoms with Crippen molar-refractivity contribution in [3.8, 4) is 0 Å². The molecule has 2 rings (SSSR count). The van der Waals surface area contributed by atoms with Gasteiger partial charge in [0.15, 0.2) is 6.29 Å². The van der Waals surface area contributed by atoms with Crippen LogP contribution in [0, 0.1) is 0 Å². The standard InChI is InChI=1S/C18H34N2O12/c19-4-2-1-3-8(16(27)28)20-7-18(29)15(26)14(9(22)6-30-18)32-17-13(25)12(24)11(23)10(5-21)31-17/h8-15,17,20-26,29H,1-7,19H2,(H,27,28)/t8-,9+,10+,11+,12-,13+,14+,15-,17-,18+/m0/s1. The monoisotopic (exact) mass is 470 g/mol. The van der Waals surface area contributed by atoms with Crippen molar-refractivity contribution in [1.29, 1.82) is 0 Å². The molecule has 188 valence electrons. The van der Waals surface area contributed by atoms with Crippen molar-refractivity contribution >= 4 is 5.97 Å². The van der Waals surface area contributed by atoms with E-state index in [1.807, 2.05) is 0 Å². The second-order valence-corrected chi connectivity index (χ2v) is 8.02. The van der Waals surface area contributed by atoms with E-state index in [4.69, 9.17) is 19.9 Å². The van der Waals surface area contributed by atoms with Crippen LogP contribution in [-0.4, -0.2) is 134 Å². The van der Waals surface area contributed by atoms with E-state index in [0.717, 1.165) is 0 Å². The van der Waals surface area contributed by atoms with E-state index in [1.54, 1.807) is 0 Å². The highest BCUT2D eigenvalue weighted by molar-refractivity contribution is 5.73. The Morgan fingerprint density at radius 1 is 1.16 bits per heavy atom. The summed E-state index contributed by atoms with van der Waals surface area (Å²) >= 11 is 0. The Bertz CT molecular complexity index is 598. The first kappa shape index (κ1) is 27.2. The molecule has 0 aromatic carbocycles. The molecule has 0 bridgehead atoms. The van der Waals surface area contributed by atoms with E-state index in [0.29, 0.717) is 19.4 Å². The fraction of sp³-hybridized carbons (Fsp3) is 0.944. The van der Waals surface area contributed by atoms with Gasteiger partial charge in [0, 0.05) is 0 Å². The molecule has 2 aliphatic heterocycles. The Kier molecular flexibility index (Phi) is 10.1. The highest BCUT2D eigenvalue weighted by Crippen LogP contribution is 2.30. The van der Waals surface area contributed by atoms with Gasteiger partial charge in [-0.1, -0.05) is 6.42 Å². The van der Waals surface area contributed by atoms with Crippen LogP contribution in [0.3, 0.4) is 0 Å². The second-order valence-electron chi connectivity index (χ2n) is 8.02. The maximum atomic E-state index is 11.4. The van der Waals surface area contributed by atoms with Crippen LogP contribution >= 0.6 is 0 Å². The second kappa shape index (κ2) is 11.9. The summed E-state index contributed by atoms with van der Waals surface area (Å²) in [6.45, 7) is -1.36. The molecule has 2 saturated heterocycles. The third-order valence-corrected chi connectivity index (χ3v) is 5.64. The van der Waals surface area contributed by atoms with Gasteiger partial charge in [-0.15, -0.1) is 0 Å². The summed E-state index contributed by atoms with van der Waals surface area (Å²) in [6.07, 6.45) is -11.8. The highest BCUT2D eigenvalue weighted by atomic mass is 16.7. The smallest absolute Gasteiger partial charge is 0.320 e. The summed E-state index contributed by atoms with van der Waals surface area (Å²) in [6, 6.07) is -1.06. The molecule has 0 aromatic heterocycles. The molecular formula is C18H34N2O12. The van der Waals surface area contributed by atoms with Gasteiger partial charge >= 0.3 is 5.97 Å². The number of carboxylic acid groups (broad SMARTS) is 1. The van der Waals surface area contributed by atoms with Gasteiger partial charge in [0.2, 0.25) is 5.79 Å². The first-order chi connectivity index (χ1) is 15.1. The number of ether oxygens (including phenoxy) is 3. The number of hydrogen-bond acceptors (Lipinski definition) is 13. The molecule has 14 heteroatoms. The number of aliphatic carboxylic acids is 1. The molecule has 2 aliphatic rings.